The number of nitrogens with zero attached hydrogens (tertiary/aromatic N) is 2. The molecule has 1 fully saturated rings. The van der Waals surface area contributed by atoms with Gasteiger partial charge in [-0.3, -0.25) is 14.4 Å². The summed E-state index contributed by atoms with van der Waals surface area (Å²) in [6.45, 7) is 5.15. The van der Waals surface area contributed by atoms with Crippen molar-refractivity contribution in [3.63, 3.8) is 0 Å². The van der Waals surface area contributed by atoms with Crippen LogP contribution in [0.1, 0.15) is 63.5 Å². The summed E-state index contributed by atoms with van der Waals surface area (Å²) < 4.78 is 1.57. The van der Waals surface area contributed by atoms with Crippen LogP contribution in [0, 0.1) is 20.8 Å². The predicted octanol–water partition coefficient (Wildman–Crippen LogP) is 2.85. The number of nitrogens with one attached hydrogen (secondary N) is 2. The minimum Gasteiger partial charge on any atom is -0.393 e. The van der Waals surface area contributed by atoms with E-state index in [1.807, 2.05) is 0 Å². The summed E-state index contributed by atoms with van der Waals surface area (Å²) >= 11 is 5.97. The number of aromatic nitrogens is 2. The summed E-state index contributed by atoms with van der Waals surface area (Å²) in [5.41, 5.74) is 2.68. The number of ketones is 1. The smallest absolute Gasteiger partial charge is 0.294 e. The largest absolute Gasteiger partial charge is 0.393 e. The van der Waals surface area contributed by atoms with Crippen molar-refractivity contribution in [3.8, 4) is 0 Å². The predicted molar refractivity (Wildman–Crippen MR) is 118 cm³/mol. The van der Waals surface area contributed by atoms with Crippen LogP contribution >= 0.6 is 11.6 Å². The van der Waals surface area contributed by atoms with E-state index in [0.717, 1.165) is 0 Å². The fourth-order valence-corrected chi connectivity index (χ4v) is 4.36. The van der Waals surface area contributed by atoms with Gasteiger partial charge in [0.15, 0.2) is 0 Å². The standard InChI is InChI=1S/C22H27ClN4O4/c1-11-9-15(10-17(23)24-11)26-21(30)18-12(2)19(27(4)13(18)3)20(29)22(31)25-14-5-7-16(28)8-6-14/h9-10,14,16,28H,5-8H2,1-4H3,(H,25,31)(H,24,26,30)/t14-,16+. The molecule has 2 heterocycles. The van der Waals surface area contributed by atoms with Gasteiger partial charge in [-0.2, -0.15) is 0 Å². The third-order valence-electron chi connectivity index (χ3n) is 5.79. The number of amides is 2. The summed E-state index contributed by atoms with van der Waals surface area (Å²) in [5.74, 6) is -1.78. The van der Waals surface area contributed by atoms with Gasteiger partial charge in [-0.1, -0.05) is 11.6 Å². The van der Waals surface area contributed by atoms with Gasteiger partial charge < -0.3 is 20.3 Å². The second-order valence-electron chi connectivity index (χ2n) is 8.08. The van der Waals surface area contributed by atoms with Crippen LogP contribution in [-0.2, 0) is 11.8 Å². The Bertz CT molecular complexity index is 1020. The lowest BCUT2D eigenvalue weighted by atomic mass is 9.93. The number of hydrogen-bond donors (Lipinski definition) is 3. The van der Waals surface area contributed by atoms with Crippen molar-refractivity contribution in [2.24, 2.45) is 7.05 Å². The monoisotopic (exact) mass is 446 g/mol. The van der Waals surface area contributed by atoms with Crippen molar-refractivity contribution in [1.82, 2.24) is 14.9 Å². The van der Waals surface area contributed by atoms with Gasteiger partial charge in [0.1, 0.15) is 5.15 Å². The van der Waals surface area contributed by atoms with Crippen LogP contribution in [0.4, 0.5) is 5.69 Å². The summed E-state index contributed by atoms with van der Waals surface area (Å²) in [6.07, 6.45) is 2.12. The minimum atomic E-state index is -0.700. The molecule has 0 saturated heterocycles. The van der Waals surface area contributed by atoms with Crippen LogP contribution in [0.2, 0.25) is 5.15 Å². The highest BCUT2D eigenvalue weighted by Crippen LogP contribution is 2.24. The van der Waals surface area contributed by atoms with Crippen LogP contribution in [0.3, 0.4) is 0 Å². The second kappa shape index (κ2) is 9.20. The van der Waals surface area contributed by atoms with Gasteiger partial charge in [0.2, 0.25) is 0 Å². The van der Waals surface area contributed by atoms with E-state index >= 15 is 0 Å². The second-order valence-corrected chi connectivity index (χ2v) is 8.46. The van der Waals surface area contributed by atoms with E-state index in [4.69, 9.17) is 11.6 Å². The van der Waals surface area contributed by atoms with E-state index < -0.39 is 17.6 Å². The van der Waals surface area contributed by atoms with Crippen LogP contribution in [0.5, 0.6) is 0 Å². The molecule has 3 N–H and O–H groups in total. The van der Waals surface area contributed by atoms with E-state index in [0.29, 0.717) is 53.9 Å². The van der Waals surface area contributed by atoms with Crippen molar-refractivity contribution in [2.45, 2.75) is 58.6 Å². The van der Waals surface area contributed by atoms with Gasteiger partial charge >= 0.3 is 0 Å². The average Bonchev–Trinajstić information content (AvgIpc) is 2.90. The van der Waals surface area contributed by atoms with E-state index in [9.17, 15) is 19.5 Å². The Morgan fingerprint density at radius 3 is 2.39 bits per heavy atom. The summed E-state index contributed by atoms with van der Waals surface area (Å²) in [6, 6.07) is 3.10. The first kappa shape index (κ1) is 23.0. The molecule has 2 aromatic heterocycles. The van der Waals surface area contributed by atoms with E-state index in [-0.39, 0.29) is 23.0 Å². The number of carbonyl (C=O) groups is 3. The van der Waals surface area contributed by atoms with Gasteiger partial charge in [-0.05, 0) is 64.2 Å². The average molecular weight is 447 g/mol. The maximum atomic E-state index is 13.0. The van der Waals surface area contributed by atoms with Crippen LogP contribution < -0.4 is 10.6 Å². The molecule has 166 valence electrons. The Hall–Kier alpha value is -2.71. The molecule has 0 spiro atoms. The molecule has 2 aromatic rings. The molecule has 0 radical (unpaired) electrons. The van der Waals surface area contributed by atoms with Gasteiger partial charge in [0.05, 0.1) is 17.4 Å². The first-order valence-corrected chi connectivity index (χ1v) is 10.6. The number of hydrogen-bond acceptors (Lipinski definition) is 5. The Morgan fingerprint density at radius 2 is 1.77 bits per heavy atom. The number of carbonyl (C=O) groups excluding carboxylic acids is 3. The first-order chi connectivity index (χ1) is 14.6. The Balaban J connectivity index is 1.81. The lowest BCUT2D eigenvalue weighted by Crippen LogP contribution is -2.42. The van der Waals surface area contributed by atoms with E-state index in [1.165, 1.54) is 0 Å². The highest BCUT2D eigenvalue weighted by Gasteiger charge is 2.30. The van der Waals surface area contributed by atoms with E-state index in [1.54, 1.807) is 44.5 Å². The van der Waals surface area contributed by atoms with Gasteiger partial charge in [0.25, 0.3) is 17.6 Å². The molecule has 1 aliphatic carbocycles. The van der Waals surface area contributed by atoms with Gasteiger partial charge in [-0.25, -0.2) is 4.98 Å². The van der Waals surface area contributed by atoms with Crippen LogP contribution in [0.15, 0.2) is 12.1 Å². The van der Waals surface area contributed by atoms with Crippen molar-refractivity contribution in [1.29, 1.82) is 0 Å². The van der Waals surface area contributed by atoms with Crippen molar-refractivity contribution in [3.05, 3.63) is 45.5 Å². The first-order valence-electron chi connectivity index (χ1n) is 10.2. The zero-order chi connectivity index (χ0) is 22.9. The molecule has 0 aliphatic heterocycles. The number of Topliss-reactive ketones (excluding diaryl/α,β-unsaturated/α-hetero) is 1. The van der Waals surface area contributed by atoms with Crippen molar-refractivity contribution < 1.29 is 19.5 Å². The molecule has 0 atom stereocenters. The van der Waals surface area contributed by atoms with Crippen LogP contribution in [0.25, 0.3) is 0 Å². The number of aliphatic hydroxyl groups excluding tert-OH is 1. The number of rotatable bonds is 5. The maximum Gasteiger partial charge on any atom is 0.294 e. The normalized spacial score (nSPS) is 18.5. The van der Waals surface area contributed by atoms with Crippen molar-refractivity contribution in [2.75, 3.05) is 5.32 Å². The topological polar surface area (TPSA) is 113 Å². The third kappa shape index (κ3) is 4.97. The van der Waals surface area contributed by atoms with Gasteiger partial charge in [0, 0.05) is 30.2 Å². The summed E-state index contributed by atoms with van der Waals surface area (Å²) in [5, 5.41) is 15.4. The molecule has 8 nitrogen and oxygen atoms in total. The fraction of sp³-hybridized carbons (Fsp3) is 0.455. The van der Waals surface area contributed by atoms with Crippen molar-refractivity contribution >= 4 is 34.9 Å². The molecule has 1 aliphatic rings. The molecule has 0 unspecified atom stereocenters. The molecular weight excluding hydrogens is 420 g/mol. The molecule has 3 rings (SSSR count). The molecule has 0 bridgehead atoms. The SMILES string of the molecule is Cc1cc(NC(=O)c2c(C)c(C(=O)C(=O)N[C@H]3CC[C@@H](O)CC3)n(C)c2C)cc(Cl)n1. The zero-order valence-corrected chi connectivity index (χ0v) is 18.8. The quantitative estimate of drug-likeness (QED) is 0.371. The molecule has 1 saturated carbocycles. The molecule has 9 heteroatoms. The Labute approximate surface area is 186 Å². The number of aliphatic hydroxyl groups is 1. The van der Waals surface area contributed by atoms with Crippen LogP contribution in [-0.4, -0.2) is 44.4 Å². The highest BCUT2D eigenvalue weighted by atomic mass is 35.5. The third-order valence-corrected chi connectivity index (χ3v) is 5.98. The summed E-state index contributed by atoms with van der Waals surface area (Å²) in [4.78, 5) is 42.5. The molecule has 0 aromatic carbocycles. The fourth-order valence-electron chi connectivity index (χ4n) is 4.11. The number of pyridine rings is 1. The molecule has 2 amide bonds. The minimum absolute atomic E-state index is 0.135. The molecular formula is C22H27ClN4O4. The van der Waals surface area contributed by atoms with E-state index in [2.05, 4.69) is 15.6 Å². The van der Waals surface area contributed by atoms with Gasteiger partial charge in [-0.15, -0.1) is 0 Å². The maximum absolute atomic E-state index is 13.0. The lowest BCUT2D eigenvalue weighted by Gasteiger charge is -2.25. The zero-order valence-electron chi connectivity index (χ0n) is 18.1. The molecule has 31 heavy (non-hydrogen) atoms. The summed E-state index contributed by atoms with van der Waals surface area (Å²) in [7, 11) is 1.66. The number of anilines is 1. The number of aryl methyl sites for hydroxylation is 1. The highest BCUT2D eigenvalue weighted by molar-refractivity contribution is 6.43. The lowest BCUT2D eigenvalue weighted by molar-refractivity contribution is -0.118. The number of halogens is 1. The Morgan fingerprint density at radius 1 is 1.13 bits per heavy atom. The Kier molecular flexibility index (Phi) is 6.81.